The van der Waals surface area contributed by atoms with Crippen molar-refractivity contribution in [2.45, 2.75) is 19.8 Å². The zero-order chi connectivity index (χ0) is 14.8. The molecule has 0 aliphatic carbocycles. The van der Waals surface area contributed by atoms with Crippen LogP contribution in [0.15, 0.2) is 48.7 Å². The summed E-state index contributed by atoms with van der Waals surface area (Å²) in [7, 11) is 0. The number of aromatic nitrogens is 3. The molecule has 2 aromatic heterocycles. The van der Waals surface area contributed by atoms with Crippen LogP contribution in [0, 0.1) is 0 Å². The SMILES string of the molecule is CC(C)c1ccc(-c2c(N)n[nH]c2-c2ccccn2)cc1. The van der Waals surface area contributed by atoms with Crippen molar-refractivity contribution in [3.05, 3.63) is 54.2 Å². The molecule has 4 nitrogen and oxygen atoms in total. The van der Waals surface area contributed by atoms with E-state index in [1.54, 1.807) is 6.20 Å². The normalized spacial score (nSPS) is 11.0. The number of rotatable bonds is 3. The van der Waals surface area contributed by atoms with Gasteiger partial charge in [-0.3, -0.25) is 10.1 Å². The number of anilines is 1. The highest BCUT2D eigenvalue weighted by molar-refractivity contribution is 5.86. The van der Waals surface area contributed by atoms with E-state index in [-0.39, 0.29) is 0 Å². The molecule has 3 N–H and O–H groups in total. The average Bonchev–Trinajstić information content (AvgIpc) is 2.90. The van der Waals surface area contributed by atoms with Gasteiger partial charge in [0.05, 0.1) is 17.0 Å². The minimum Gasteiger partial charge on any atom is -0.382 e. The molecule has 0 amide bonds. The van der Waals surface area contributed by atoms with Crippen molar-refractivity contribution in [1.82, 2.24) is 15.2 Å². The van der Waals surface area contributed by atoms with Gasteiger partial charge in [0.2, 0.25) is 0 Å². The van der Waals surface area contributed by atoms with Crippen LogP contribution in [-0.4, -0.2) is 15.2 Å². The van der Waals surface area contributed by atoms with E-state index in [9.17, 15) is 0 Å². The molecule has 0 fully saturated rings. The van der Waals surface area contributed by atoms with E-state index in [0.717, 1.165) is 22.5 Å². The molecule has 0 bridgehead atoms. The van der Waals surface area contributed by atoms with Crippen molar-refractivity contribution < 1.29 is 0 Å². The lowest BCUT2D eigenvalue weighted by molar-refractivity contribution is 0.867. The standard InChI is InChI=1S/C17H18N4/c1-11(2)12-6-8-13(9-7-12)15-16(20-21-17(15)18)14-5-3-4-10-19-14/h3-11H,1-2H3,(H3,18,20,21). The lowest BCUT2D eigenvalue weighted by atomic mass is 9.98. The molecule has 4 heteroatoms. The van der Waals surface area contributed by atoms with Crippen LogP contribution in [0.3, 0.4) is 0 Å². The smallest absolute Gasteiger partial charge is 0.153 e. The Morgan fingerprint density at radius 1 is 1.05 bits per heavy atom. The molecule has 0 saturated carbocycles. The van der Waals surface area contributed by atoms with Gasteiger partial charge in [0.25, 0.3) is 0 Å². The third-order valence-corrected chi connectivity index (χ3v) is 3.58. The van der Waals surface area contributed by atoms with Crippen LogP contribution < -0.4 is 5.73 Å². The quantitative estimate of drug-likeness (QED) is 0.764. The number of nitrogens with one attached hydrogen (secondary N) is 1. The molecule has 3 rings (SSSR count). The molecule has 0 spiro atoms. The van der Waals surface area contributed by atoms with E-state index in [2.05, 4.69) is 53.3 Å². The highest BCUT2D eigenvalue weighted by Gasteiger charge is 2.15. The fourth-order valence-electron chi connectivity index (χ4n) is 2.38. The van der Waals surface area contributed by atoms with E-state index in [0.29, 0.717) is 11.7 Å². The van der Waals surface area contributed by atoms with E-state index in [1.165, 1.54) is 5.56 Å². The topological polar surface area (TPSA) is 67.6 Å². The van der Waals surface area contributed by atoms with Crippen molar-refractivity contribution >= 4 is 5.82 Å². The van der Waals surface area contributed by atoms with Crippen LogP contribution in [0.25, 0.3) is 22.5 Å². The Kier molecular flexibility index (Phi) is 3.44. The number of hydrogen-bond donors (Lipinski definition) is 2. The van der Waals surface area contributed by atoms with Crippen molar-refractivity contribution in [2.75, 3.05) is 5.73 Å². The molecule has 0 saturated heterocycles. The number of nitrogens with two attached hydrogens (primary N) is 1. The molecule has 1 aromatic carbocycles. The minimum absolute atomic E-state index is 0.493. The number of hydrogen-bond acceptors (Lipinski definition) is 3. The molecule has 106 valence electrons. The Hall–Kier alpha value is -2.62. The number of H-pyrrole nitrogens is 1. The van der Waals surface area contributed by atoms with Crippen LogP contribution >= 0.6 is 0 Å². The summed E-state index contributed by atoms with van der Waals surface area (Å²) in [6.07, 6.45) is 1.76. The maximum Gasteiger partial charge on any atom is 0.153 e. The zero-order valence-electron chi connectivity index (χ0n) is 12.2. The first-order valence-electron chi connectivity index (χ1n) is 7.02. The third kappa shape index (κ3) is 2.52. The summed E-state index contributed by atoms with van der Waals surface area (Å²) in [4.78, 5) is 4.37. The molecular formula is C17H18N4. The van der Waals surface area contributed by atoms with E-state index >= 15 is 0 Å². The van der Waals surface area contributed by atoms with Crippen LogP contribution in [0.2, 0.25) is 0 Å². The highest BCUT2D eigenvalue weighted by atomic mass is 15.2. The van der Waals surface area contributed by atoms with Gasteiger partial charge in [0, 0.05) is 6.20 Å². The molecular weight excluding hydrogens is 260 g/mol. The Balaban J connectivity index is 2.08. The molecule has 0 atom stereocenters. The number of benzene rings is 1. The lowest BCUT2D eigenvalue weighted by Crippen LogP contribution is -1.91. The Morgan fingerprint density at radius 2 is 1.81 bits per heavy atom. The summed E-state index contributed by atoms with van der Waals surface area (Å²) in [6.45, 7) is 4.36. The lowest BCUT2D eigenvalue weighted by Gasteiger charge is -2.08. The molecule has 0 aliphatic rings. The minimum atomic E-state index is 0.493. The van der Waals surface area contributed by atoms with Gasteiger partial charge in [-0.05, 0) is 29.2 Å². The summed E-state index contributed by atoms with van der Waals surface area (Å²) in [5, 5.41) is 7.13. The number of aromatic amines is 1. The second kappa shape index (κ2) is 5.40. The predicted octanol–water partition coefficient (Wildman–Crippen LogP) is 3.84. The van der Waals surface area contributed by atoms with Gasteiger partial charge in [0.1, 0.15) is 0 Å². The first-order valence-corrected chi connectivity index (χ1v) is 7.02. The fraction of sp³-hybridized carbons (Fsp3) is 0.176. The van der Waals surface area contributed by atoms with Gasteiger partial charge < -0.3 is 5.73 Å². The second-order valence-corrected chi connectivity index (χ2v) is 5.35. The van der Waals surface area contributed by atoms with Gasteiger partial charge in [-0.25, -0.2) is 0 Å². The largest absolute Gasteiger partial charge is 0.382 e. The van der Waals surface area contributed by atoms with Gasteiger partial charge >= 0.3 is 0 Å². The summed E-state index contributed by atoms with van der Waals surface area (Å²) < 4.78 is 0. The van der Waals surface area contributed by atoms with Crippen molar-refractivity contribution in [3.63, 3.8) is 0 Å². The molecule has 0 radical (unpaired) electrons. The molecule has 21 heavy (non-hydrogen) atoms. The summed E-state index contributed by atoms with van der Waals surface area (Å²) in [6, 6.07) is 14.2. The average molecular weight is 278 g/mol. The zero-order valence-corrected chi connectivity index (χ0v) is 12.2. The van der Waals surface area contributed by atoms with Gasteiger partial charge in [0.15, 0.2) is 5.82 Å². The highest BCUT2D eigenvalue weighted by Crippen LogP contribution is 2.34. The summed E-state index contributed by atoms with van der Waals surface area (Å²) in [5.74, 6) is 1.00. The number of nitrogen functional groups attached to an aromatic ring is 1. The Bertz CT molecular complexity index is 727. The summed E-state index contributed by atoms with van der Waals surface area (Å²) >= 11 is 0. The Morgan fingerprint density at radius 3 is 2.43 bits per heavy atom. The van der Waals surface area contributed by atoms with Crippen LogP contribution in [0.1, 0.15) is 25.3 Å². The van der Waals surface area contributed by atoms with Crippen LogP contribution in [0.4, 0.5) is 5.82 Å². The third-order valence-electron chi connectivity index (χ3n) is 3.58. The monoisotopic (exact) mass is 278 g/mol. The van der Waals surface area contributed by atoms with Crippen molar-refractivity contribution in [1.29, 1.82) is 0 Å². The predicted molar refractivity (Wildman–Crippen MR) is 85.8 cm³/mol. The molecule has 0 unspecified atom stereocenters. The summed E-state index contributed by atoms with van der Waals surface area (Å²) in [5.41, 5.74) is 11.0. The van der Waals surface area contributed by atoms with Crippen molar-refractivity contribution in [2.24, 2.45) is 0 Å². The van der Waals surface area contributed by atoms with Gasteiger partial charge in [-0.15, -0.1) is 0 Å². The van der Waals surface area contributed by atoms with Gasteiger partial charge in [-0.1, -0.05) is 44.2 Å². The number of pyridine rings is 1. The number of nitrogens with zero attached hydrogens (tertiary/aromatic N) is 2. The van der Waals surface area contributed by atoms with Crippen LogP contribution in [-0.2, 0) is 0 Å². The van der Waals surface area contributed by atoms with Crippen molar-refractivity contribution in [3.8, 4) is 22.5 Å². The molecule has 2 heterocycles. The maximum absolute atomic E-state index is 6.04. The maximum atomic E-state index is 6.04. The van der Waals surface area contributed by atoms with E-state index in [1.807, 2.05) is 18.2 Å². The van der Waals surface area contributed by atoms with Crippen LogP contribution in [0.5, 0.6) is 0 Å². The second-order valence-electron chi connectivity index (χ2n) is 5.35. The first-order chi connectivity index (χ1) is 10.2. The van der Waals surface area contributed by atoms with E-state index < -0.39 is 0 Å². The van der Waals surface area contributed by atoms with E-state index in [4.69, 9.17) is 5.73 Å². The fourth-order valence-corrected chi connectivity index (χ4v) is 2.38. The Labute approximate surface area is 124 Å². The molecule has 0 aliphatic heterocycles. The molecule has 3 aromatic rings. The first kappa shape index (κ1) is 13.4. The van der Waals surface area contributed by atoms with Gasteiger partial charge in [-0.2, -0.15) is 5.10 Å².